The summed E-state index contributed by atoms with van der Waals surface area (Å²) in [6, 6.07) is 10.1. The van der Waals surface area contributed by atoms with Crippen molar-refractivity contribution in [2.45, 2.75) is 25.7 Å². The van der Waals surface area contributed by atoms with Gasteiger partial charge < -0.3 is 10.1 Å². The third-order valence-corrected chi connectivity index (χ3v) is 5.66. The summed E-state index contributed by atoms with van der Waals surface area (Å²) in [4.78, 5) is 12.3. The molecular weight excluding hydrogens is 352 g/mol. The number of benzene rings is 2. The normalized spacial score (nSPS) is 11.5. The molecule has 0 aromatic heterocycles. The number of nitrogens with one attached hydrogen (secondary N) is 1. The molecule has 140 valence electrons. The summed E-state index contributed by atoms with van der Waals surface area (Å²) in [5.74, 6) is 0.332. The number of rotatable bonds is 6. The number of aryl methyl sites for hydroxylation is 3. The van der Waals surface area contributed by atoms with E-state index in [9.17, 15) is 13.2 Å². The number of carbonyl (C=O) groups is 1. The van der Waals surface area contributed by atoms with E-state index < -0.39 is 10.0 Å². The fourth-order valence-electron chi connectivity index (χ4n) is 2.67. The van der Waals surface area contributed by atoms with Crippen molar-refractivity contribution in [3.05, 3.63) is 53.1 Å². The lowest BCUT2D eigenvalue weighted by Crippen LogP contribution is -2.23. The predicted molar refractivity (Wildman–Crippen MR) is 102 cm³/mol. The van der Waals surface area contributed by atoms with Crippen LogP contribution in [0.1, 0.15) is 16.7 Å². The van der Waals surface area contributed by atoms with Gasteiger partial charge >= 0.3 is 0 Å². The summed E-state index contributed by atoms with van der Waals surface area (Å²) in [5, 5.41) is 2.67. The van der Waals surface area contributed by atoms with Crippen LogP contribution in [0.2, 0.25) is 0 Å². The molecule has 1 amide bonds. The Morgan fingerprint density at radius 1 is 1.08 bits per heavy atom. The largest absolute Gasteiger partial charge is 0.483 e. The van der Waals surface area contributed by atoms with E-state index in [-0.39, 0.29) is 17.4 Å². The van der Waals surface area contributed by atoms with E-state index >= 15 is 0 Å². The van der Waals surface area contributed by atoms with Gasteiger partial charge in [-0.25, -0.2) is 12.7 Å². The molecule has 0 saturated heterocycles. The smallest absolute Gasteiger partial charge is 0.262 e. The molecule has 1 N–H and O–H groups in total. The molecule has 0 aliphatic carbocycles. The third kappa shape index (κ3) is 4.62. The second-order valence-corrected chi connectivity index (χ2v) is 8.53. The zero-order valence-corrected chi connectivity index (χ0v) is 16.5. The van der Waals surface area contributed by atoms with Crippen molar-refractivity contribution >= 4 is 21.6 Å². The molecule has 6 nitrogen and oxygen atoms in total. The van der Waals surface area contributed by atoms with Crippen molar-refractivity contribution in [3.63, 3.8) is 0 Å². The lowest BCUT2D eigenvalue weighted by molar-refractivity contribution is -0.118. The van der Waals surface area contributed by atoms with E-state index in [0.717, 1.165) is 21.0 Å². The van der Waals surface area contributed by atoms with E-state index in [4.69, 9.17) is 4.74 Å². The first-order valence-corrected chi connectivity index (χ1v) is 9.58. The van der Waals surface area contributed by atoms with Gasteiger partial charge in [0.1, 0.15) is 5.75 Å². The second kappa shape index (κ2) is 7.88. The molecule has 2 aromatic rings. The van der Waals surface area contributed by atoms with E-state index in [2.05, 4.69) is 5.32 Å². The quantitative estimate of drug-likeness (QED) is 0.841. The number of hydrogen-bond donors (Lipinski definition) is 1. The summed E-state index contributed by atoms with van der Waals surface area (Å²) in [5.41, 5.74) is 3.47. The van der Waals surface area contributed by atoms with Crippen molar-refractivity contribution in [2.24, 2.45) is 0 Å². The summed E-state index contributed by atoms with van der Waals surface area (Å²) in [6.07, 6.45) is 0. The lowest BCUT2D eigenvalue weighted by atomic mass is 10.1. The highest BCUT2D eigenvalue weighted by Crippen LogP contribution is 2.24. The minimum atomic E-state index is -3.56. The van der Waals surface area contributed by atoms with Crippen LogP contribution in [-0.2, 0) is 14.8 Å². The monoisotopic (exact) mass is 376 g/mol. The van der Waals surface area contributed by atoms with Gasteiger partial charge in [0.05, 0.1) is 4.90 Å². The fourth-order valence-corrected chi connectivity index (χ4v) is 3.62. The van der Waals surface area contributed by atoms with Gasteiger partial charge in [0, 0.05) is 19.8 Å². The number of carbonyl (C=O) groups excluding carboxylic acids is 1. The Labute approximate surface area is 154 Å². The summed E-state index contributed by atoms with van der Waals surface area (Å²) in [7, 11) is -0.637. The third-order valence-electron chi connectivity index (χ3n) is 3.85. The Bertz CT molecular complexity index is 898. The number of nitrogens with zero attached hydrogens (tertiary/aromatic N) is 1. The van der Waals surface area contributed by atoms with Gasteiger partial charge in [-0.3, -0.25) is 4.79 Å². The maximum atomic E-state index is 12.2. The highest BCUT2D eigenvalue weighted by Gasteiger charge is 2.17. The highest BCUT2D eigenvalue weighted by atomic mass is 32.2. The molecule has 7 heteroatoms. The molecule has 0 spiro atoms. The van der Waals surface area contributed by atoms with Crippen LogP contribution < -0.4 is 10.1 Å². The van der Waals surface area contributed by atoms with E-state index in [1.807, 2.05) is 32.9 Å². The molecule has 0 aliphatic rings. The van der Waals surface area contributed by atoms with Crippen LogP contribution in [0.5, 0.6) is 5.75 Å². The molecule has 0 bridgehead atoms. The van der Waals surface area contributed by atoms with Crippen molar-refractivity contribution < 1.29 is 17.9 Å². The van der Waals surface area contributed by atoms with E-state index in [0.29, 0.717) is 11.4 Å². The van der Waals surface area contributed by atoms with Gasteiger partial charge in [0.25, 0.3) is 5.91 Å². The number of ether oxygens (including phenoxy) is 1. The van der Waals surface area contributed by atoms with Gasteiger partial charge in [-0.1, -0.05) is 23.8 Å². The zero-order valence-electron chi connectivity index (χ0n) is 15.7. The van der Waals surface area contributed by atoms with Gasteiger partial charge in [-0.15, -0.1) is 0 Å². The molecule has 2 aromatic carbocycles. The number of sulfonamides is 1. The first-order valence-electron chi connectivity index (χ1n) is 8.14. The van der Waals surface area contributed by atoms with Crippen LogP contribution in [0.15, 0.2) is 41.3 Å². The molecule has 0 fully saturated rings. The van der Waals surface area contributed by atoms with Gasteiger partial charge in [0.15, 0.2) is 6.61 Å². The minimum Gasteiger partial charge on any atom is -0.483 e. The maximum absolute atomic E-state index is 12.2. The SMILES string of the molecule is Cc1cc(C)c(OCC(=O)Nc2cccc(S(=O)(=O)N(C)C)c2)c(C)c1. The standard InChI is InChI=1S/C19H24N2O4S/c1-13-9-14(2)19(15(3)10-13)25-12-18(22)20-16-7-6-8-17(11-16)26(23,24)21(4)5/h6-11H,12H2,1-5H3,(H,20,22). The first-order chi connectivity index (χ1) is 12.1. The maximum Gasteiger partial charge on any atom is 0.262 e. The first kappa shape index (κ1) is 19.9. The minimum absolute atomic E-state index is 0.117. The highest BCUT2D eigenvalue weighted by molar-refractivity contribution is 7.89. The van der Waals surface area contributed by atoms with Crippen molar-refractivity contribution in [3.8, 4) is 5.75 Å². The number of anilines is 1. The average molecular weight is 376 g/mol. The molecule has 0 aliphatic heterocycles. The summed E-state index contributed by atoms with van der Waals surface area (Å²) >= 11 is 0. The van der Waals surface area contributed by atoms with E-state index in [1.54, 1.807) is 12.1 Å². The van der Waals surface area contributed by atoms with Gasteiger partial charge in [-0.2, -0.15) is 0 Å². The number of amides is 1. The van der Waals surface area contributed by atoms with Crippen LogP contribution in [0.25, 0.3) is 0 Å². The fraction of sp³-hybridized carbons (Fsp3) is 0.316. The summed E-state index contributed by atoms with van der Waals surface area (Å²) in [6.45, 7) is 5.71. The Morgan fingerprint density at radius 2 is 1.69 bits per heavy atom. The predicted octanol–water partition coefficient (Wildman–Crippen LogP) is 2.88. The van der Waals surface area contributed by atoms with Crippen LogP contribution in [0.3, 0.4) is 0 Å². The Kier molecular flexibility index (Phi) is 6.05. The van der Waals surface area contributed by atoms with Crippen molar-refractivity contribution in [1.82, 2.24) is 4.31 Å². The molecule has 0 radical (unpaired) electrons. The van der Waals surface area contributed by atoms with Crippen LogP contribution in [-0.4, -0.2) is 39.3 Å². The molecule has 26 heavy (non-hydrogen) atoms. The van der Waals surface area contributed by atoms with E-state index in [1.165, 1.54) is 26.2 Å². The van der Waals surface area contributed by atoms with Gasteiger partial charge in [0.2, 0.25) is 10.0 Å². The Balaban J connectivity index is 2.08. The Hall–Kier alpha value is -2.38. The zero-order chi connectivity index (χ0) is 19.5. The Morgan fingerprint density at radius 3 is 2.27 bits per heavy atom. The van der Waals surface area contributed by atoms with Crippen LogP contribution in [0, 0.1) is 20.8 Å². The van der Waals surface area contributed by atoms with Crippen molar-refractivity contribution in [1.29, 1.82) is 0 Å². The van der Waals surface area contributed by atoms with Crippen LogP contribution >= 0.6 is 0 Å². The lowest BCUT2D eigenvalue weighted by Gasteiger charge is -2.14. The number of hydrogen-bond acceptors (Lipinski definition) is 4. The molecule has 0 saturated carbocycles. The molecule has 0 heterocycles. The molecule has 0 unspecified atom stereocenters. The average Bonchev–Trinajstić information content (AvgIpc) is 2.53. The van der Waals surface area contributed by atoms with Gasteiger partial charge in [-0.05, 0) is 50.1 Å². The van der Waals surface area contributed by atoms with Crippen LogP contribution in [0.4, 0.5) is 5.69 Å². The topological polar surface area (TPSA) is 75.7 Å². The molecular formula is C19H24N2O4S. The molecule has 0 atom stereocenters. The summed E-state index contributed by atoms with van der Waals surface area (Å²) < 4.78 is 31.1. The second-order valence-electron chi connectivity index (χ2n) is 6.38. The van der Waals surface area contributed by atoms with Crippen molar-refractivity contribution in [2.75, 3.05) is 26.0 Å². The molecule has 2 rings (SSSR count).